The highest BCUT2D eigenvalue weighted by Gasteiger charge is 2.23. The van der Waals surface area contributed by atoms with Crippen LogP contribution in [0.2, 0.25) is 0 Å². The second-order valence-electron chi connectivity index (χ2n) is 5.40. The molecule has 1 aromatic carbocycles. The first-order valence-corrected chi connectivity index (χ1v) is 6.15. The summed E-state index contributed by atoms with van der Waals surface area (Å²) in [5.74, 6) is -1.01. The van der Waals surface area contributed by atoms with Crippen molar-refractivity contribution in [1.82, 2.24) is 4.90 Å². The molecule has 0 atom stereocenters. The number of carboxylic acid groups (broad SMARTS) is 1. The minimum absolute atomic E-state index is 0.0987. The SMILES string of the molecule is CC(C)(C)OC(=O)N(CC(=O)O)Cc1ccc(O)cc1. The lowest BCUT2D eigenvalue weighted by molar-refractivity contribution is -0.138. The first kappa shape index (κ1) is 15.8. The molecule has 2 N–H and O–H groups in total. The maximum Gasteiger partial charge on any atom is 0.411 e. The van der Waals surface area contributed by atoms with Crippen LogP contribution in [0.4, 0.5) is 4.79 Å². The minimum Gasteiger partial charge on any atom is -0.508 e. The van der Waals surface area contributed by atoms with Gasteiger partial charge >= 0.3 is 12.1 Å². The molecule has 20 heavy (non-hydrogen) atoms. The molecule has 0 aliphatic rings. The van der Waals surface area contributed by atoms with Gasteiger partial charge in [-0.15, -0.1) is 0 Å². The number of aromatic hydroxyl groups is 1. The second kappa shape index (κ2) is 6.27. The van der Waals surface area contributed by atoms with Gasteiger partial charge in [0, 0.05) is 6.54 Å². The number of carbonyl (C=O) groups excluding carboxylic acids is 1. The molecule has 0 heterocycles. The zero-order valence-electron chi connectivity index (χ0n) is 11.8. The fraction of sp³-hybridized carbons (Fsp3) is 0.429. The van der Waals surface area contributed by atoms with Gasteiger partial charge in [-0.2, -0.15) is 0 Å². The maximum absolute atomic E-state index is 12.0. The van der Waals surface area contributed by atoms with Crippen LogP contribution in [0.3, 0.4) is 0 Å². The third-order valence-electron chi connectivity index (χ3n) is 2.29. The molecule has 0 radical (unpaired) electrons. The van der Waals surface area contributed by atoms with Gasteiger partial charge in [0.15, 0.2) is 0 Å². The van der Waals surface area contributed by atoms with Crippen molar-refractivity contribution in [2.24, 2.45) is 0 Å². The van der Waals surface area contributed by atoms with Crippen LogP contribution in [0.5, 0.6) is 5.75 Å². The Morgan fingerprint density at radius 2 is 1.75 bits per heavy atom. The van der Waals surface area contributed by atoms with Crippen LogP contribution in [0, 0.1) is 0 Å². The van der Waals surface area contributed by atoms with Crippen molar-refractivity contribution in [3.05, 3.63) is 29.8 Å². The molecule has 6 heteroatoms. The first-order chi connectivity index (χ1) is 9.17. The van der Waals surface area contributed by atoms with Crippen molar-refractivity contribution in [3.63, 3.8) is 0 Å². The number of hydrogen-bond acceptors (Lipinski definition) is 4. The summed E-state index contributed by atoms with van der Waals surface area (Å²) in [6, 6.07) is 6.19. The summed E-state index contributed by atoms with van der Waals surface area (Å²) in [5.41, 5.74) is 0.0119. The van der Waals surface area contributed by atoms with E-state index < -0.39 is 24.2 Å². The van der Waals surface area contributed by atoms with Gasteiger partial charge in [-0.3, -0.25) is 9.69 Å². The van der Waals surface area contributed by atoms with Crippen molar-refractivity contribution in [1.29, 1.82) is 0 Å². The Morgan fingerprint density at radius 1 is 1.20 bits per heavy atom. The summed E-state index contributed by atoms with van der Waals surface area (Å²) in [6.45, 7) is 4.79. The lowest BCUT2D eigenvalue weighted by atomic mass is 10.2. The zero-order valence-corrected chi connectivity index (χ0v) is 11.8. The third kappa shape index (κ3) is 5.60. The first-order valence-electron chi connectivity index (χ1n) is 6.15. The standard InChI is InChI=1S/C14H19NO5/c1-14(2,3)20-13(19)15(9-12(17)18)8-10-4-6-11(16)7-5-10/h4-7,16H,8-9H2,1-3H3,(H,17,18). The van der Waals surface area contributed by atoms with Crippen molar-refractivity contribution in [2.75, 3.05) is 6.54 Å². The topological polar surface area (TPSA) is 87.1 Å². The molecule has 6 nitrogen and oxygen atoms in total. The molecule has 0 aliphatic carbocycles. The molecule has 0 fully saturated rings. The Morgan fingerprint density at radius 3 is 2.20 bits per heavy atom. The fourth-order valence-electron chi connectivity index (χ4n) is 1.50. The number of phenolic OH excluding ortho intramolecular Hbond substituents is 1. The van der Waals surface area contributed by atoms with Gasteiger partial charge in [-0.25, -0.2) is 4.79 Å². The molecule has 0 saturated carbocycles. The van der Waals surface area contributed by atoms with Crippen LogP contribution >= 0.6 is 0 Å². The lowest BCUT2D eigenvalue weighted by Crippen LogP contribution is -2.39. The molecule has 0 bridgehead atoms. The predicted molar refractivity (Wildman–Crippen MR) is 72.4 cm³/mol. The molecule has 0 saturated heterocycles. The zero-order chi connectivity index (χ0) is 15.3. The highest BCUT2D eigenvalue weighted by molar-refractivity contribution is 5.76. The maximum atomic E-state index is 12.0. The third-order valence-corrected chi connectivity index (χ3v) is 2.29. The molecule has 1 rings (SSSR count). The average molecular weight is 281 g/mol. The van der Waals surface area contributed by atoms with Gasteiger partial charge < -0.3 is 14.9 Å². The van der Waals surface area contributed by atoms with Gasteiger partial charge in [0.25, 0.3) is 0 Å². The second-order valence-corrected chi connectivity index (χ2v) is 5.40. The Balaban J connectivity index is 2.81. The van der Waals surface area contributed by atoms with Crippen molar-refractivity contribution < 1.29 is 24.5 Å². The van der Waals surface area contributed by atoms with E-state index in [1.807, 2.05) is 0 Å². The van der Waals surface area contributed by atoms with Crippen LogP contribution in [0.25, 0.3) is 0 Å². The van der Waals surface area contributed by atoms with Crippen LogP contribution in [-0.2, 0) is 16.1 Å². The van der Waals surface area contributed by atoms with E-state index in [1.54, 1.807) is 32.9 Å². The van der Waals surface area contributed by atoms with E-state index in [-0.39, 0.29) is 12.3 Å². The highest BCUT2D eigenvalue weighted by atomic mass is 16.6. The number of rotatable bonds is 4. The monoisotopic (exact) mass is 281 g/mol. The largest absolute Gasteiger partial charge is 0.508 e. The van der Waals surface area contributed by atoms with Crippen LogP contribution < -0.4 is 0 Å². The Hall–Kier alpha value is -2.24. The summed E-state index contributed by atoms with van der Waals surface area (Å²) >= 11 is 0. The van der Waals surface area contributed by atoms with Crippen LogP contribution in [-0.4, -0.2) is 39.3 Å². The number of ether oxygens (including phenoxy) is 1. The summed E-state index contributed by atoms with van der Waals surface area (Å²) in [7, 11) is 0. The molecule has 110 valence electrons. The van der Waals surface area contributed by atoms with Crippen molar-refractivity contribution >= 4 is 12.1 Å². The highest BCUT2D eigenvalue weighted by Crippen LogP contribution is 2.15. The van der Waals surface area contributed by atoms with E-state index in [2.05, 4.69) is 0 Å². The van der Waals surface area contributed by atoms with Crippen molar-refractivity contribution in [3.8, 4) is 5.75 Å². The Bertz CT molecular complexity index is 475. The van der Waals surface area contributed by atoms with E-state index in [9.17, 15) is 14.7 Å². The summed E-state index contributed by atoms with van der Waals surface area (Å²) < 4.78 is 5.17. The number of aliphatic carboxylic acids is 1. The number of hydrogen-bond donors (Lipinski definition) is 2. The van der Waals surface area contributed by atoms with E-state index in [4.69, 9.17) is 9.84 Å². The van der Waals surface area contributed by atoms with Crippen molar-refractivity contribution in [2.45, 2.75) is 32.9 Å². The number of carbonyl (C=O) groups is 2. The Labute approximate surface area is 117 Å². The smallest absolute Gasteiger partial charge is 0.411 e. The normalized spacial score (nSPS) is 10.9. The summed E-state index contributed by atoms with van der Waals surface area (Å²) in [4.78, 5) is 23.9. The Kier molecular flexibility index (Phi) is 4.96. The van der Waals surface area contributed by atoms with Gasteiger partial charge in [0.1, 0.15) is 17.9 Å². The van der Waals surface area contributed by atoms with Gasteiger partial charge in [0.05, 0.1) is 0 Å². The lowest BCUT2D eigenvalue weighted by Gasteiger charge is -2.26. The molecular formula is C14H19NO5. The summed E-state index contributed by atoms with van der Waals surface area (Å²) in [6.07, 6.45) is -0.687. The van der Waals surface area contributed by atoms with E-state index >= 15 is 0 Å². The number of carboxylic acids is 1. The molecule has 0 unspecified atom stereocenters. The van der Waals surface area contributed by atoms with Crippen LogP contribution in [0.15, 0.2) is 24.3 Å². The molecular weight excluding hydrogens is 262 g/mol. The fourth-order valence-corrected chi connectivity index (χ4v) is 1.50. The summed E-state index contributed by atoms with van der Waals surface area (Å²) in [5, 5.41) is 18.1. The number of amides is 1. The van der Waals surface area contributed by atoms with E-state index in [1.165, 1.54) is 12.1 Å². The minimum atomic E-state index is -1.12. The van der Waals surface area contributed by atoms with Crippen LogP contribution in [0.1, 0.15) is 26.3 Å². The van der Waals surface area contributed by atoms with E-state index in [0.29, 0.717) is 5.56 Å². The molecule has 0 aliphatic heterocycles. The molecule has 1 aromatic rings. The number of phenols is 1. The average Bonchev–Trinajstić information content (AvgIpc) is 2.28. The number of nitrogens with zero attached hydrogens (tertiary/aromatic N) is 1. The molecule has 0 aromatic heterocycles. The number of benzene rings is 1. The predicted octanol–water partition coefficient (Wildman–Crippen LogP) is 2.21. The molecule has 0 spiro atoms. The van der Waals surface area contributed by atoms with Gasteiger partial charge in [-0.05, 0) is 38.5 Å². The van der Waals surface area contributed by atoms with Gasteiger partial charge in [0.2, 0.25) is 0 Å². The van der Waals surface area contributed by atoms with Gasteiger partial charge in [-0.1, -0.05) is 12.1 Å². The van der Waals surface area contributed by atoms with E-state index in [0.717, 1.165) is 4.90 Å². The molecule has 1 amide bonds. The quantitative estimate of drug-likeness (QED) is 0.883.